The van der Waals surface area contributed by atoms with Gasteiger partial charge in [-0.2, -0.15) is 0 Å². The van der Waals surface area contributed by atoms with Crippen molar-refractivity contribution >= 4 is 44.1 Å². The summed E-state index contributed by atoms with van der Waals surface area (Å²) < 4.78 is 11.3. The molecule has 0 bridgehead atoms. The lowest BCUT2D eigenvalue weighted by atomic mass is 10.2. The van der Waals surface area contributed by atoms with Crippen LogP contribution in [-0.4, -0.2) is 61.2 Å². The topological polar surface area (TPSA) is 110 Å². The number of rotatable bonds is 5. The Morgan fingerprint density at radius 3 is 2.52 bits per heavy atom. The molecule has 1 fully saturated rings. The number of anilines is 2. The molecule has 0 spiro atoms. The zero-order chi connectivity index (χ0) is 22.0. The van der Waals surface area contributed by atoms with Gasteiger partial charge < -0.3 is 24.6 Å². The van der Waals surface area contributed by atoms with E-state index in [0.717, 1.165) is 15.3 Å². The molecule has 2 heterocycles. The van der Waals surface area contributed by atoms with Crippen LogP contribution in [0.25, 0.3) is 10.2 Å². The molecule has 2 aromatic carbocycles. The first-order chi connectivity index (χ1) is 15.0. The monoisotopic (exact) mass is 443 g/mol. The Morgan fingerprint density at radius 2 is 1.84 bits per heavy atom. The number of nitro benzene ring substituents is 1. The van der Waals surface area contributed by atoms with Gasteiger partial charge in [0.05, 0.1) is 29.4 Å². The van der Waals surface area contributed by atoms with Crippen LogP contribution < -0.4 is 19.7 Å². The number of methoxy groups -OCH3 is 2. The van der Waals surface area contributed by atoms with Crippen molar-refractivity contribution in [1.29, 1.82) is 0 Å². The molecule has 1 aromatic heterocycles. The highest BCUT2D eigenvalue weighted by molar-refractivity contribution is 7.22. The maximum atomic E-state index is 12.7. The van der Waals surface area contributed by atoms with Crippen LogP contribution in [0.1, 0.15) is 0 Å². The van der Waals surface area contributed by atoms with Gasteiger partial charge in [0.2, 0.25) is 0 Å². The number of piperazine rings is 1. The van der Waals surface area contributed by atoms with E-state index >= 15 is 0 Å². The Hall–Kier alpha value is -3.60. The normalized spacial score (nSPS) is 13.9. The molecule has 1 N–H and O–H groups in total. The predicted octanol–water partition coefficient (Wildman–Crippen LogP) is 3.58. The number of hydrogen-bond donors (Lipinski definition) is 1. The van der Waals surface area contributed by atoms with E-state index in [-0.39, 0.29) is 11.7 Å². The molecule has 1 aliphatic rings. The molecular weight excluding hydrogens is 422 g/mol. The molecule has 0 atom stereocenters. The molecule has 0 radical (unpaired) electrons. The molecule has 4 rings (SSSR count). The number of hydrogen-bond acceptors (Lipinski definition) is 8. The predicted molar refractivity (Wildman–Crippen MR) is 119 cm³/mol. The molecule has 31 heavy (non-hydrogen) atoms. The SMILES string of the molecule is COc1ccc(NC(=O)N2CCN(c3nc4ccc([N+](=O)[O-])cc4s3)CC2)cc1OC. The van der Waals surface area contributed by atoms with Gasteiger partial charge in [-0.05, 0) is 18.2 Å². The number of amides is 2. The van der Waals surface area contributed by atoms with Crippen molar-refractivity contribution in [3.05, 3.63) is 46.5 Å². The number of fused-ring (bicyclic) bond motifs is 1. The van der Waals surface area contributed by atoms with E-state index in [9.17, 15) is 14.9 Å². The number of aromatic nitrogens is 1. The number of thiazole rings is 1. The highest BCUT2D eigenvalue weighted by Crippen LogP contribution is 2.32. The number of nitro groups is 1. The molecule has 10 nitrogen and oxygen atoms in total. The highest BCUT2D eigenvalue weighted by Gasteiger charge is 2.24. The smallest absolute Gasteiger partial charge is 0.321 e. The third-order valence-electron chi connectivity index (χ3n) is 5.04. The van der Waals surface area contributed by atoms with Crippen LogP contribution in [0.15, 0.2) is 36.4 Å². The molecule has 0 saturated carbocycles. The second-order valence-corrected chi connectivity index (χ2v) is 7.89. The van der Waals surface area contributed by atoms with Gasteiger partial charge in [0, 0.05) is 50.1 Å². The minimum absolute atomic E-state index is 0.0550. The van der Waals surface area contributed by atoms with Crippen LogP contribution in [0, 0.1) is 10.1 Å². The second-order valence-electron chi connectivity index (χ2n) is 6.88. The second kappa shape index (κ2) is 8.64. The summed E-state index contributed by atoms with van der Waals surface area (Å²) in [5.41, 5.74) is 1.41. The lowest BCUT2D eigenvalue weighted by Crippen LogP contribution is -2.50. The summed E-state index contributed by atoms with van der Waals surface area (Å²) in [5.74, 6) is 1.14. The summed E-state index contributed by atoms with van der Waals surface area (Å²) in [5, 5.41) is 14.7. The number of benzene rings is 2. The largest absolute Gasteiger partial charge is 0.493 e. The van der Waals surface area contributed by atoms with Gasteiger partial charge in [-0.3, -0.25) is 10.1 Å². The molecule has 2 amide bonds. The Morgan fingerprint density at radius 1 is 1.10 bits per heavy atom. The van der Waals surface area contributed by atoms with Gasteiger partial charge >= 0.3 is 6.03 Å². The van der Waals surface area contributed by atoms with Gasteiger partial charge in [-0.25, -0.2) is 9.78 Å². The van der Waals surface area contributed by atoms with Gasteiger partial charge in [-0.1, -0.05) is 11.3 Å². The minimum Gasteiger partial charge on any atom is -0.493 e. The van der Waals surface area contributed by atoms with Crippen LogP contribution in [-0.2, 0) is 0 Å². The Bertz CT molecular complexity index is 1130. The van der Waals surface area contributed by atoms with Gasteiger partial charge in [0.25, 0.3) is 5.69 Å². The minimum atomic E-state index is -0.408. The maximum absolute atomic E-state index is 12.7. The highest BCUT2D eigenvalue weighted by atomic mass is 32.1. The zero-order valence-electron chi connectivity index (χ0n) is 17.0. The lowest BCUT2D eigenvalue weighted by molar-refractivity contribution is -0.384. The fourth-order valence-electron chi connectivity index (χ4n) is 3.37. The fourth-order valence-corrected chi connectivity index (χ4v) is 4.42. The van der Waals surface area contributed by atoms with E-state index < -0.39 is 4.92 Å². The van der Waals surface area contributed by atoms with E-state index in [1.807, 2.05) is 0 Å². The number of non-ortho nitro benzene ring substituents is 1. The lowest BCUT2D eigenvalue weighted by Gasteiger charge is -2.34. The molecular formula is C20H21N5O5S. The standard InChI is InChI=1S/C20H21N5O5S/c1-29-16-6-3-13(11-17(16)30-2)21-19(26)23-7-9-24(10-8-23)20-22-15-5-4-14(25(27)28)12-18(15)31-20/h3-6,11-12H,7-10H2,1-2H3,(H,21,26). The molecule has 162 valence electrons. The number of carbonyl (C=O) groups excluding carboxylic acids is 1. The zero-order valence-corrected chi connectivity index (χ0v) is 17.8. The molecule has 11 heteroatoms. The quantitative estimate of drug-likeness (QED) is 0.474. The van der Waals surface area contributed by atoms with Crippen molar-refractivity contribution in [2.24, 2.45) is 0 Å². The van der Waals surface area contributed by atoms with Crippen molar-refractivity contribution in [1.82, 2.24) is 9.88 Å². The number of nitrogens with zero attached hydrogens (tertiary/aromatic N) is 4. The number of carbonyl (C=O) groups is 1. The van der Waals surface area contributed by atoms with Gasteiger partial charge in [-0.15, -0.1) is 0 Å². The average molecular weight is 443 g/mol. The molecule has 1 saturated heterocycles. The van der Waals surface area contributed by atoms with Crippen molar-refractivity contribution in [2.75, 3.05) is 50.6 Å². The molecule has 0 aliphatic carbocycles. The van der Waals surface area contributed by atoms with Crippen LogP contribution in [0.5, 0.6) is 11.5 Å². The molecule has 0 unspecified atom stereocenters. The van der Waals surface area contributed by atoms with Gasteiger partial charge in [0.1, 0.15) is 0 Å². The Labute approximate surface area is 182 Å². The van der Waals surface area contributed by atoms with Crippen LogP contribution in [0.2, 0.25) is 0 Å². The van der Waals surface area contributed by atoms with E-state index in [1.54, 1.807) is 49.5 Å². The Balaban J connectivity index is 1.38. The van der Waals surface area contributed by atoms with Crippen molar-refractivity contribution in [2.45, 2.75) is 0 Å². The summed E-state index contributed by atoms with van der Waals surface area (Å²) >= 11 is 1.42. The number of ether oxygens (including phenoxy) is 2. The van der Waals surface area contributed by atoms with E-state index in [0.29, 0.717) is 43.4 Å². The molecule has 1 aliphatic heterocycles. The number of urea groups is 1. The number of nitrogens with one attached hydrogen (secondary N) is 1. The first-order valence-corrected chi connectivity index (χ1v) is 10.4. The van der Waals surface area contributed by atoms with E-state index in [4.69, 9.17) is 9.47 Å². The fraction of sp³-hybridized carbons (Fsp3) is 0.300. The summed E-state index contributed by atoms with van der Waals surface area (Å²) in [7, 11) is 3.10. The summed E-state index contributed by atoms with van der Waals surface area (Å²) in [4.78, 5) is 31.6. The Kier molecular flexibility index (Phi) is 5.76. The maximum Gasteiger partial charge on any atom is 0.321 e. The molecule has 3 aromatic rings. The third-order valence-corrected chi connectivity index (χ3v) is 6.12. The van der Waals surface area contributed by atoms with Crippen LogP contribution >= 0.6 is 11.3 Å². The van der Waals surface area contributed by atoms with Crippen molar-refractivity contribution < 1.29 is 19.2 Å². The third kappa shape index (κ3) is 4.31. The van der Waals surface area contributed by atoms with E-state index in [2.05, 4.69) is 15.2 Å². The summed E-state index contributed by atoms with van der Waals surface area (Å²) in [6.45, 7) is 2.33. The van der Waals surface area contributed by atoms with E-state index in [1.165, 1.54) is 17.4 Å². The van der Waals surface area contributed by atoms with Crippen molar-refractivity contribution in [3.8, 4) is 11.5 Å². The van der Waals surface area contributed by atoms with Crippen molar-refractivity contribution in [3.63, 3.8) is 0 Å². The van der Waals surface area contributed by atoms with Crippen LogP contribution in [0.4, 0.5) is 21.3 Å². The first-order valence-electron chi connectivity index (χ1n) is 9.56. The summed E-state index contributed by atoms with van der Waals surface area (Å²) in [6, 6.07) is 9.70. The van der Waals surface area contributed by atoms with Crippen LogP contribution in [0.3, 0.4) is 0 Å². The summed E-state index contributed by atoms with van der Waals surface area (Å²) in [6.07, 6.45) is 0. The van der Waals surface area contributed by atoms with Gasteiger partial charge in [0.15, 0.2) is 16.6 Å². The first kappa shape index (κ1) is 20.7. The average Bonchev–Trinajstić information content (AvgIpc) is 3.22.